The van der Waals surface area contributed by atoms with Gasteiger partial charge in [0, 0.05) is 0 Å². The van der Waals surface area contributed by atoms with Gasteiger partial charge in [-0.05, 0) is 17.7 Å². The lowest BCUT2D eigenvalue weighted by atomic mass is 10.1. The summed E-state index contributed by atoms with van der Waals surface area (Å²) in [5.41, 5.74) is 0.586. The summed E-state index contributed by atoms with van der Waals surface area (Å²) in [6.07, 6.45) is -0.809. The van der Waals surface area contributed by atoms with Gasteiger partial charge in [0.15, 0.2) is 11.5 Å². The lowest BCUT2D eigenvalue weighted by Gasteiger charge is -2.10. The fourth-order valence-corrected chi connectivity index (χ4v) is 1.55. The zero-order valence-electron chi connectivity index (χ0n) is 8.77. The number of ether oxygens (including phenoxy) is 3. The second-order valence-electron chi connectivity index (χ2n) is 3.33. The Labute approximate surface area is 92.8 Å². The molecule has 1 unspecified atom stereocenters. The van der Waals surface area contributed by atoms with Crippen molar-refractivity contribution in [3.63, 3.8) is 0 Å². The molecule has 1 heterocycles. The summed E-state index contributed by atoms with van der Waals surface area (Å²) in [7, 11) is 1.51. The minimum Gasteiger partial charge on any atom is -0.493 e. The third-order valence-corrected chi connectivity index (χ3v) is 2.35. The Hall–Kier alpha value is -1.93. The van der Waals surface area contributed by atoms with E-state index in [1.54, 1.807) is 12.1 Å². The highest BCUT2D eigenvalue weighted by Gasteiger charge is 2.22. The first kappa shape index (κ1) is 10.6. The van der Waals surface area contributed by atoms with E-state index in [1.807, 2.05) is 6.07 Å². The van der Waals surface area contributed by atoms with Crippen molar-refractivity contribution in [3.8, 4) is 23.3 Å². The fourth-order valence-electron chi connectivity index (χ4n) is 1.55. The van der Waals surface area contributed by atoms with E-state index in [0.717, 1.165) is 0 Å². The van der Waals surface area contributed by atoms with Crippen molar-refractivity contribution in [2.75, 3.05) is 13.9 Å². The summed E-state index contributed by atoms with van der Waals surface area (Å²) in [4.78, 5) is 0. The van der Waals surface area contributed by atoms with E-state index < -0.39 is 6.10 Å². The van der Waals surface area contributed by atoms with Crippen LogP contribution in [0.4, 0.5) is 0 Å². The van der Waals surface area contributed by atoms with E-state index in [2.05, 4.69) is 0 Å². The van der Waals surface area contributed by atoms with Crippen LogP contribution < -0.4 is 14.2 Å². The average Bonchev–Trinajstić information content (AvgIpc) is 2.75. The van der Waals surface area contributed by atoms with Crippen molar-refractivity contribution < 1.29 is 19.3 Å². The molecule has 0 aromatic heterocycles. The number of hydrogen-bond acceptors (Lipinski definition) is 5. The number of nitrogens with zero attached hydrogens (tertiary/aromatic N) is 1. The SMILES string of the molecule is COc1cc(C(O)CC#N)cc2c1OCO2. The molecule has 1 atom stereocenters. The molecule has 84 valence electrons. The molecule has 5 heteroatoms. The number of benzene rings is 1. The second kappa shape index (κ2) is 4.29. The molecule has 5 nitrogen and oxygen atoms in total. The lowest BCUT2D eigenvalue weighted by molar-refractivity contribution is 0.170. The van der Waals surface area contributed by atoms with Crippen LogP contribution in [0.1, 0.15) is 18.1 Å². The largest absolute Gasteiger partial charge is 0.493 e. The van der Waals surface area contributed by atoms with Gasteiger partial charge in [-0.15, -0.1) is 0 Å². The molecule has 0 amide bonds. The molecule has 0 radical (unpaired) electrons. The highest BCUT2D eigenvalue weighted by Crippen LogP contribution is 2.43. The second-order valence-corrected chi connectivity index (χ2v) is 3.33. The molecule has 0 saturated carbocycles. The Balaban J connectivity index is 2.38. The summed E-state index contributed by atoms with van der Waals surface area (Å²) in [5, 5.41) is 18.2. The van der Waals surface area contributed by atoms with E-state index in [-0.39, 0.29) is 13.2 Å². The van der Waals surface area contributed by atoms with Crippen LogP contribution in [0.5, 0.6) is 17.2 Å². The zero-order valence-corrected chi connectivity index (χ0v) is 8.77. The van der Waals surface area contributed by atoms with Gasteiger partial charge in [0.2, 0.25) is 12.5 Å². The van der Waals surface area contributed by atoms with Gasteiger partial charge in [0.05, 0.1) is 25.7 Å². The molecule has 0 fully saturated rings. The van der Waals surface area contributed by atoms with E-state index in [1.165, 1.54) is 7.11 Å². The van der Waals surface area contributed by atoms with Crippen LogP contribution in [0.3, 0.4) is 0 Å². The van der Waals surface area contributed by atoms with Crippen molar-refractivity contribution in [2.45, 2.75) is 12.5 Å². The van der Waals surface area contributed by atoms with Crippen molar-refractivity contribution in [3.05, 3.63) is 17.7 Å². The molecule has 16 heavy (non-hydrogen) atoms. The Morgan fingerprint density at radius 2 is 2.38 bits per heavy atom. The predicted molar refractivity (Wildman–Crippen MR) is 54.3 cm³/mol. The standard InChI is InChI=1S/C11H11NO4/c1-14-9-4-7(8(13)2-3-12)5-10-11(9)16-6-15-10/h4-5,8,13H,2,6H2,1H3. The topological polar surface area (TPSA) is 71.7 Å². The average molecular weight is 221 g/mol. The van der Waals surface area contributed by atoms with E-state index >= 15 is 0 Å². The summed E-state index contributed by atoms with van der Waals surface area (Å²) in [6.45, 7) is 0.142. The van der Waals surface area contributed by atoms with Gasteiger partial charge in [0.25, 0.3) is 0 Å². The van der Waals surface area contributed by atoms with Crippen LogP contribution in [0.2, 0.25) is 0 Å². The summed E-state index contributed by atoms with van der Waals surface area (Å²) in [6, 6.07) is 5.22. The molecule has 0 bridgehead atoms. The molecular weight excluding hydrogens is 210 g/mol. The first-order valence-electron chi connectivity index (χ1n) is 4.78. The van der Waals surface area contributed by atoms with E-state index in [9.17, 15) is 5.11 Å². The van der Waals surface area contributed by atoms with Crippen molar-refractivity contribution in [2.24, 2.45) is 0 Å². The minimum atomic E-state index is -0.839. The fraction of sp³-hybridized carbons (Fsp3) is 0.364. The highest BCUT2D eigenvalue weighted by atomic mass is 16.7. The number of rotatable bonds is 3. The van der Waals surface area contributed by atoms with Gasteiger partial charge in [-0.3, -0.25) is 0 Å². The molecule has 0 spiro atoms. The Morgan fingerprint density at radius 3 is 3.06 bits per heavy atom. The smallest absolute Gasteiger partial charge is 0.231 e. The van der Waals surface area contributed by atoms with E-state index in [0.29, 0.717) is 22.8 Å². The van der Waals surface area contributed by atoms with Crippen LogP contribution in [0.25, 0.3) is 0 Å². The third-order valence-electron chi connectivity index (χ3n) is 2.35. The highest BCUT2D eigenvalue weighted by molar-refractivity contribution is 5.55. The van der Waals surface area contributed by atoms with Crippen LogP contribution in [-0.4, -0.2) is 19.0 Å². The maximum absolute atomic E-state index is 9.70. The normalized spacial score (nSPS) is 14.3. The quantitative estimate of drug-likeness (QED) is 0.834. The van der Waals surface area contributed by atoms with Crippen LogP contribution >= 0.6 is 0 Å². The summed E-state index contributed by atoms with van der Waals surface area (Å²) in [5.74, 6) is 1.57. The lowest BCUT2D eigenvalue weighted by Crippen LogP contribution is -1.97. The van der Waals surface area contributed by atoms with Crippen molar-refractivity contribution in [1.29, 1.82) is 5.26 Å². The van der Waals surface area contributed by atoms with Gasteiger partial charge < -0.3 is 19.3 Å². The van der Waals surface area contributed by atoms with Crippen LogP contribution in [-0.2, 0) is 0 Å². The molecular formula is C11H11NO4. The van der Waals surface area contributed by atoms with E-state index in [4.69, 9.17) is 19.5 Å². The van der Waals surface area contributed by atoms with Crippen LogP contribution in [0, 0.1) is 11.3 Å². The number of aliphatic hydroxyl groups is 1. The first-order chi connectivity index (χ1) is 7.76. The molecule has 1 aliphatic rings. The molecule has 1 aromatic carbocycles. The van der Waals surface area contributed by atoms with Gasteiger partial charge in [-0.1, -0.05) is 0 Å². The van der Waals surface area contributed by atoms with Crippen molar-refractivity contribution in [1.82, 2.24) is 0 Å². The Bertz CT molecular complexity index is 438. The van der Waals surface area contributed by atoms with Gasteiger partial charge in [-0.25, -0.2) is 0 Å². The molecule has 1 aromatic rings. The molecule has 1 aliphatic heterocycles. The number of nitriles is 1. The molecule has 0 saturated heterocycles. The zero-order chi connectivity index (χ0) is 11.5. The molecule has 1 N–H and O–H groups in total. The van der Waals surface area contributed by atoms with Crippen LogP contribution in [0.15, 0.2) is 12.1 Å². The van der Waals surface area contributed by atoms with Crippen molar-refractivity contribution >= 4 is 0 Å². The number of hydrogen-bond donors (Lipinski definition) is 1. The molecule has 2 rings (SSSR count). The molecule has 0 aliphatic carbocycles. The predicted octanol–water partition coefficient (Wildman–Crippen LogP) is 1.37. The third kappa shape index (κ3) is 1.75. The maximum atomic E-state index is 9.70. The number of methoxy groups -OCH3 is 1. The van der Waals surface area contributed by atoms with Gasteiger partial charge in [0.1, 0.15) is 0 Å². The maximum Gasteiger partial charge on any atom is 0.231 e. The summed E-state index contributed by atoms with van der Waals surface area (Å²) >= 11 is 0. The number of aliphatic hydroxyl groups excluding tert-OH is 1. The number of fused-ring (bicyclic) bond motifs is 1. The van der Waals surface area contributed by atoms with Gasteiger partial charge >= 0.3 is 0 Å². The summed E-state index contributed by atoms with van der Waals surface area (Å²) < 4.78 is 15.6. The Morgan fingerprint density at radius 1 is 1.56 bits per heavy atom. The van der Waals surface area contributed by atoms with Gasteiger partial charge in [-0.2, -0.15) is 5.26 Å². The minimum absolute atomic E-state index is 0.0306. The first-order valence-corrected chi connectivity index (χ1v) is 4.78. The monoisotopic (exact) mass is 221 g/mol. The Kier molecular flexibility index (Phi) is 2.84.